The average Bonchev–Trinajstić information content (AvgIpc) is 2.92. The second-order valence-electron chi connectivity index (χ2n) is 5.54. The van der Waals surface area contributed by atoms with E-state index in [-0.39, 0.29) is 12.5 Å². The molecule has 1 saturated carbocycles. The Balaban J connectivity index is 1.69. The third-order valence-corrected chi connectivity index (χ3v) is 5.02. The normalized spacial score (nSPS) is 21.9. The topological polar surface area (TPSA) is 49.3 Å². The van der Waals surface area contributed by atoms with Gasteiger partial charge < -0.3 is 10.4 Å². The Hall–Kier alpha value is -1.00. The fraction of sp³-hybridized carbons (Fsp3) is 0.562. The van der Waals surface area contributed by atoms with Crippen molar-refractivity contribution in [1.82, 2.24) is 5.32 Å². The van der Waals surface area contributed by atoms with Crippen LogP contribution in [0.5, 0.6) is 0 Å². The zero-order chi connectivity index (χ0) is 14.4. The second kappa shape index (κ2) is 7.70. The quantitative estimate of drug-likeness (QED) is 0.793. The number of aryl methyl sites for hydroxylation is 1. The highest BCUT2D eigenvalue weighted by atomic mass is 32.2. The van der Waals surface area contributed by atoms with Gasteiger partial charge >= 0.3 is 0 Å². The second-order valence-corrected chi connectivity index (χ2v) is 6.59. The molecule has 1 aliphatic carbocycles. The van der Waals surface area contributed by atoms with Crippen molar-refractivity contribution in [3.63, 3.8) is 0 Å². The minimum Gasteiger partial charge on any atom is -0.396 e. The lowest BCUT2D eigenvalue weighted by atomic mass is 9.97. The van der Waals surface area contributed by atoms with Crippen molar-refractivity contribution in [3.05, 3.63) is 29.8 Å². The van der Waals surface area contributed by atoms with E-state index in [1.54, 1.807) is 11.8 Å². The van der Waals surface area contributed by atoms with Crippen molar-refractivity contribution in [2.45, 2.75) is 31.1 Å². The molecule has 20 heavy (non-hydrogen) atoms. The maximum absolute atomic E-state index is 11.8. The Labute approximate surface area is 125 Å². The predicted molar refractivity (Wildman–Crippen MR) is 82.8 cm³/mol. The highest BCUT2D eigenvalue weighted by molar-refractivity contribution is 8.00. The van der Waals surface area contributed by atoms with Gasteiger partial charge in [-0.2, -0.15) is 0 Å². The van der Waals surface area contributed by atoms with Crippen molar-refractivity contribution < 1.29 is 9.90 Å². The standard InChI is InChI=1S/C16H23NO2S/c1-12-5-7-15(8-6-12)20-11-16(19)17-9-13-3-2-4-14(13)10-18/h5-8,13-14,18H,2-4,9-11H2,1H3,(H,17,19). The van der Waals surface area contributed by atoms with Gasteiger partial charge in [-0.15, -0.1) is 11.8 Å². The summed E-state index contributed by atoms with van der Waals surface area (Å²) in [6.07, 6.45) is 3.38. The third-order valence-electron chi connectivity index (χ3n) is 4.00. The highest BCUT2D eigenvalue weighted by Crippen LogP contribution is 2.30. The summed E-state index contributed by atoms with van der Waals surface area (Å²) in [4.78, 5) is 13.0. The highest BCUT2D eigenvalue weighted by Gasteiger charge is 2.26. The fourth-order valence-corrected chi connectivity index (χ4v) is 3.43. The van der Waals surface area contributed by atoms with Gasteiger partial charge in [0.2, 0.25) is 5.91 Å². The van der Waals surface area contributed by atoms with Crippen molar-refractivity contribution in [1.29, 1.82) is 0 Å². The molecule has 4 heteroatoms. The van der Waals surface area contributed by atoms with Crippen molar-refractivity contribution in [2.24, 2.45) is 11.8 Å². The molecular weight excluding hydrogens is 270 g/mol. The predicted octanol–water partition coefficient (Wildman–Crippen LogP) is 2.61. The van der Waals surface area contributed by atoms with Crippen LogP contribution in [0.3, 0.4) is 0 Å². The summed E-state index contributed by atoms with van der Waals surface area (Å²) in [5.74, 6) is 1.37. The molecule has 0 saturated heterocycles. The van der Waals surface area contributed by atoms with E-state index >= 15 is 0 Å². The molecule has 1 amide bonds. The van der Waals surface area contributed by atoms with Crippen LogP contribution in [0.15, 0.2) is 29.2 Å². The Morgan fingerprint density at radius 1 is 1.30 bits per heavy atom. The summed E-state index contributed by atoms with van der Waals surface area (Å²) in [7, 11) is 0. The van der Waals surface area contributed by atoms with E-state index in [2.05, 4.69) is 24.4 Å². The summed E-state index contributed by atoms with van der Waals surface area (Å²) in [6, 6.07) is 8.22. The first-order chi connectivity index (χ1) is 9.69. The van der Waals surface area contributed by atoms with E-state index < -0.39 is 0 Å². The van der Waals surface area contributed by atoms with Crippen LogP contribution in [-0.2, 0) is 4.79 Å². The molecule has 0 aliphatic heterocycles. The molecule has 2 atom stereocenters. The lowest BCUT2D eigenvalue weighted by Gasteiger charge is -2.17. The lowest BCUT2D eigenvalue weighted by molar-refractivity contribution is -0.118. The molecule has 2 rings (SSSR count). The number of amides is 1. The molecule has 1 aliphatic rings. The van der Waals surface area contributed by atoms with E-state index in [0.29, 0.717) is 24.1 Å². The zero-order valence-corrected chi connectivity index (χ0v) is 12.8. The largest absolute Gasteiger partial charge is 0.396 e. The van der Waals surface area contributed by atoms with Crippen LogP contribution in [0.2, 0.25) is 0 Å². The average molecular weight is 293 g/mol. The third kappa shape index (κ3) is 4.53. The smallest absolute Gasteiger partial charge is 0.230 e. The van der Waals surface area contributed by atoms with Gasteiger partial charge in [0.05, 0.1) is 5.75 Å². The first-order valence-corrected chi connectivity index (χ1v) is 8.24. The van der Waals surface area contributed by atoms with E-state index in [9.17, 15) is 9.90 Å². The fourth-order valence-electron chi connectivity index (χ4n) is 2.70. The van der Waals surface area contributed by atoms with E-state index in [0.717, 1.165) is 17.7 Å². The van der Waals surface area contributed by atoms with Crippen LogP contribution in [-0.4, -0.2) is 29.9 Å². The Morgan fingerprint density at radius 3 is 2.70 bits per heavy atom. The van der Waals surface area contributed by atoms with Gasteiger partial charge in [0.15, 0.2) is 0 Å². The monoisotopic (exact) mass is 293 g/mol. The number of carbonyl (C=O) groups excluding carboxylic acids is 1. The number of hydrogen-bond donors (Lipinski definition) is 2. The number of aliphatic hydroxyl groups excluding tert-OH is 1. The number of thioether (sulfide) groups is 1. The van der Waals surface area contributed by atoms with Gasteiger partial charge in [-0.25, -0.2) is 0 Å². The van der Waals surface area contributed by atoms with Crippen LogP contribution in [0.1, 0.15) is 24.8 Å². The molecule has 0 heterocycles. The van der Waals surface area contributed by atoms with Gasteiger partial charge in [-0.1, -0.05) is 24.1 Å². The van der Waals surface area contributed by atoms with Gasteiger partial charge in [0, 0.05) is 18.0 Å². The molecule has 2 N–H and O–H groups in total. The minimum absolute atomic E-state index is 0.0826. The molecule has 0 aromatic heterocycles. The molecule has 110 valence electrons. The molecule has 1 aromatic carbocycles. The van der Waals surface area contributed by atoms with Crippen molar-refractivity contribution in [3.8, 4) is 0 Å². The van der Waals surface area contributed by atoms with Crippen LogP contribution < -0.4 is 5.32 Å². The molecule has 2 unspecified atom stereocenters. The van der Waals surface area contributed by atoms with Gasteiger partial charge in [0.25, 0.3) is 0 Å². The van der Waals surface area contributed by atoms with Crippen molar-refractivity contribution in [2.75, 3.05) is 18.9 Å². The number of hydrogen-bond acceptors (Lipinski definition) is 3. The van der Waals surface area contributed by atoms with E-state index in [1.165, 1.54) is 12.0 Å². The summed E-state index contributed by atoms with van der Waals surface area (Å²) < 4.78 is 0. The van der Waals surface area contributed by atoms with Crippen LogP contribution in [0.4, 0.5) is 0 Å². The summed E-state index contributed by atoms with van der Waals surface area (Å²) in [5, 5.41) is 12.3. The SMILES string of the molecule is Cc1ccc(SCC(=O)NCC2CCCC2CO)cc1. The van der Waals surface area contributed by atoms with Crippen LogP contribution in [0, 0.1) is 18.8 Å². The molecule has 0 bridgehead atoms. The maximum atomic E-state index is 11.8. The zero-order valence-electron chi connectivity index (χ0n) is 12.0. The van der Waals surface area contributed by atoms with E-state index in [1.807, 2.05) is 12.1 Å². The van der Waals surface area contributed by atoms with Crippen LogP contribution >= 0.6 is 11.8 Å². The van der Waals surface area contributed by atoms with Crippen LogP contribution in [0.25, 0.3) is 0 Å². The maximum Gasteiger partial charge on any atom is 0.230 e. The summed E-state index contributed by atoms with van der Waals surface area (Å²) >= 11 is 1.56. The molecular formula is C16H23NO2S. The van der Waals surface area contributed by atoms with Gasteiger partial charge in [-0.3, -0.25) is 4.79 Å². The summed E-state index contributed by atoms with van der Waals surface area (Å²) in [5.41, 5.74) is 1.23. The van der Waals surface area contributed by atoms with Gasteiger partial charge in [0.1, 0.15) is 0 Å². The molecule has 0 radical (unpaired) electrons. The Morgan fingerprint density at radius 2 is 2.00 bits per heavy atom. The summed E-state index contributed by atoms with van der Waals surface area (Å²) in [6.45, 7) is 3.01. The Kier molecular flexibility index (Phi) is 5.92. The molecule has 1 fully saturated rings. The first kappa shape index (κ1) is 15.4. The van der Waals surface area contributed by atoms with Crippen molar-refractivity contribution >= 4 is 17.7 Å². The minimum atomic E-state index is 0.0826. The molecule has 1 aromatic rings. The molecule has 0 spiro atoms. The van der Waals surface area contributed by atoms with E-state index in [4.69, 9.17) is 0 Å². The van der Waals surface area contributed by atoms with Gasteiger partial charge in [-0.05, 0) is 43.7 Å². The first-order valence-electron chi connectivity index (χ1n) is 7.26. The number of benzene rings is 1. The number of nitrogens with one attached hydrogen (secondary N) is 1. The number of rotatable bonds is 6. The number of carbonyl (C=O) groups is 1. The Bertz CT molecular complexity index is 433. The molecule has 3 nitrogen and oxygen atoms in total. The lowest BCUT2D eigenvalue weighted by Crippen LogP contribution is -2.32. The number of aliphatic hydroxyl groups is 1.